The van der Waals surface area contributed by atoms with Gasteiger partial charge in [-0.3, -0.25) is 4.90 Å². The van der Waals surface area contributed by atoms with Gasteiger partial charge in [-0.2, -0.15) is 5.26 Å². The van der Waals surface area contributed by atoms with Crippen molar-refractivity contribution in [3.05, 3.63) is 29.8 Å². The van der Waals surface area contributed by atoms with Gasteiger partial charge in [0, 0.05) is 25.2 Å². The second kappa shape index (κ2) is 6.75. The molecule has 0 bridgehead atoms. The van der Waals surface area contributed by atoms with Gasteiger partial charge >= 0.3 is 0 Å². The highest BCUT2D eigenvalue weighted by atomic mass is 32.2. The minimum absolute atomic E-state index is 0.115. The normalized spacial score (nSPS) is 17.1. The summed E-state index contributed by atoms with van der Waals surface area (Å²) in [6.45, 7) is 7.23. The lowest BCUT2D eigenvalue weighted by molar-refractivity contribution is -0.00803. The van der Waals surface area contributed by atoms with Crippen molar-refractivity contribution in [3.63, 3.8) is 0 Å². The van der Waals surface area contributed by atoms with Gasteiger partial charge in [-0.1, -0.05) is 6.07 Å². The molecule has 1 aromatic rings. The zero-order valence-electron chi connectivity index (χ0n) is 12.9. The third-order valence-electron chi connectivity index (χ3n) is 3.84. The highest BCUT2D eigenvalue weighted by Gasteiger charge is 2.30. The van der Waals surface area contributed by atoms with E-state index in [4.69, 9.17) is 10.00 Å². The first-order valence-corrected chi connectivity index (χ1v) is 8.66. The molecule has 1 aromatic carbocycles. The number of hydrogen-bond donors (Lipinski definition) is 1. The summed E-state index contributed by atoms with van der Waals surface area (Å²) in [5, 5.41) is 8.87. The molecule has 0 aromatic heterocycles. The maximum Gasteiger partial charge on any atom is 0.240 e. The lowest BCUT2D eigenvalue weighted by atomic mass is 10.0. The Morgan fingerprint density at radius 1 is 1.36 bits per heavy atom. The predicted octanol–water partition coefficient (Wildman–Crippen LogP) is 0.947. The maximum absolute atomic E-state index is 12.4. The minimum atomic E-state index is -3.62. The number of benzene rings is 1. The molecular formula is C15H21N3O3S. The zero-order valence-corrected chi connectivity index (χ0v) is 13.7. The highest BCUT2D eigenvalue weighted by molar-refractivity contribution is 7.89. The Kier molecular flexibility index (Phi) is 5.19. The number of sulfonamides is 1. The lowest BCUT2D eigenvalue weighted by Gasteiger charge is -2.40. The number of morpholine rings is 1. The van der Waals surface area contributed by atoms with E-state index in [1.54, 1.807) is 12.1 Å². The van der Waals surface area contributed by atoms with Gasteiger partial charge in [0.2, 0.25) is 10.0 Å². The van der Waals surface area contributed by atoms with Crippen molar-refractivity contribution < 1.29 is 13.2 Å². The zero-order chi connectivity index (χ0) is 16.2. The van der Waals surface area contributed by atoms with E-state index in [0.717, 1.165) is 13.1 Å². The van der Waals surface area contributed by atoms with E-state index in [-0.39, 0.29) is 10.4 Å². The quantitative estimate of drug-likeness (QED) is 0.872. The Balaban J connectivity index is 2.07. The lowest BCUT2D eigenvalue weighted by Crippen LogP contribution is -2.55. The van der Waals surface area contributed by atoms with Gasteiger partial charge in [0.25, 0.3) is 0 Å². The number of nitrogens with one attached hydrogen (secondary N) is 1. The van der Waals surface area contributed by atoms with Crippen LogP contribution in [0.25, 0.3) is 0 Å². The Labute approximate surface area is 131 Å². The van der Waals surface area contributed by atoms with Crippen LogP contribution in [0, 0.1) is 11.3 Å². The SMILES string of the molecule is CC(C)(CNS(=O)(=O)c1cccc(C#N)c1)N1CCOCC1. The summed E-state index contributed by atoms with van der Waals surface area (Å²) >= 11 is 0. The topological polar surface area (TPSA) is 82.4 Å². The average Bonchev–Trinajstić information content (AvgIpc) is 2.54. The third-order valence-corrected chi connectivity index (χ3v) is 5.23. The van der Waals surface area contributed by atoms with Crippen LogP contribution >= 0.6 is 0 Å². The van der Waals surface area contributed by atoms with Gasteiger partial charge in [-0.15, -0.1) is 0 Å². The summed E-state index contributed by atoms with van der Waals surface area (Å²) in [5.41, 5.74) is 0.0271. The van der Waals surface area contributed by atoms with Crippen LogP contribution in [0.15, 0.2) is 29.2 Å². The second-order valence-electron chi connectivity index (χ2n) is 5.88. The van der Waals surface area contributed by atoms with Crippen molar-refractivity contribution in [1.82, 2.24) is 9.62 Å². The van der Waals surface area contributed by atoms with Gasteiger partial charge in [0.1, 0.15) is 0 Å². The molecule has 1 aliphatic rings. The monoisotopic (exact) mass is 323 g/mol. The van der Waals surface area contributed by atoms with E-state index < -0.39 is 10.0 Å². The van der Waals surface area contributed by atoms with Gasteiger partial charge in [0.05, 0.1) is 29.7 Å². The molecule has 0 unspecified atom stereocenters. The van der Waals surface area contributed by atoms with Crippen LogP contribution in [0.5, 0.6) is 0 Å². The summed E-state index contributed by atoms with van der Waals surface area (Å²) in [4.78, 5) is 2.33. The molecule has 22 heavy (non-hydrogen) atoms. The van der Waals surface area contributed by atoms with Gasteiger partial charge in [-0.05, 0) is 32.0 Å². The fourth-order valence-corrected chi connectivity index (χ4v) is 3.62. The summed E-state index contributed by atoms with van der Waals surface area (Å²) in [6, 6.07) is 7.97. The van der Waals surface area contributed by atoms with Crippen LogP contribution in [0.1, 0.15) is 19.4 Å². The van der Waals surface area contributed by atoms with Crippen LogP contribution in [0.3, 0.4) is 0 Å². The molecular weight excluding hydrogens is 302 g/mol. The van der Waals surface area contributed by atoms with Crippen LogP contribution < -0.4 is 4.72 Å². The smallest absolute Gasteiger partial charge is 0.240 e. The summed E-state index contributed by atoms with van der Waals surface area (Å²) in [7, 11) is -3.62. The van der Waals surface area contributed by atoms with Crippen molar-refractivity contribution >= 4 is 10.0 Å². The molecule has 1 heterocycles. The third kappa shape index (κ3) is 4.05. The van der Waals surface area contributed by atoms with Crippen molar-refractivity contribution in [2.24, 2.45) is 0 Å². The summed E-state index contributed by atoms with van der Waals surface area (Å²) in [5.74, 6) is 0. The van der Waals surface area contributed by atoms with Crippen LogP contribution in [0.2, 0.25) is 0 Å². The Morgan fingerprint density at radius 2 is 2.05 bits per heavy atom. The largest absolute Gasteiger partial charge is 0.379 e. The number of rotatable bonds is 5. The predicted molar refractivity (Wildman–Crippen MR) is 82.8 cm³/mol. The van der Waals surface area contributed by atoms with Crippen LogP contribution in [-0.4, -0.2) is 51.7 Å². The maximum atomic E-state index is 12.4. The first kappa shape index (κ1) is 16.9. The standard InChI is InChI=1S/C15H21N3O3S/c1-15(2,18-6-8-21-9-7-18)12-17-22(19,20)14-5-3-4-13(10-14)11-16/h3-5,10,17H,6-9,12H2,1-2H3. The first-order chi connectivity index (χ1) is 10.3. The fraction of sp³-hybridized carbons (Fsp3) is 0.533. The molecule has 1 aliphatic heterocycles. The molecule has 2 rings (SSSR count). The molecule has 1 fully saturated rings. The summed E-state index contributed by atoms with van der Waals surface area (Å²) in [6.07, 6.45) is 0. The Hall–Kier alpha value is -1.46. The molecule has 0 radical (unpaired) electrons. The molecule has 0 amide bonds. The van der Waals surface area contributed by atoms with E-state index in [1.807, 2.05) is 19.9 Å². The minimum Gasteiger partial charge on any atom is -0.379 e. The van der Waals surface area contributed by atoms with Crippen molar-refractivity contribution in [2.75, 3.05) is 32.8 Å². The van der Waals surface area contributed by atoms with Crippen LogP contribution in [0.4, 0.5) is 0 Å². The summed E-state index contributed by atoms with van der Waals surface area (Å²) < 4.78 is 32.7. The molecule has 7 heteroatoms. The van der Waals surface area contributed by atoms with E-state index in [1.165, 1.54) is 12.1 Å². The molecule has 0 spiro atoms. The average molecular weight is 323 g/mol. The van der Waals surface area contributed by atoms with E-state index in [9.17, 15) is 8.42 Å². The molecule has 6 nitrogen and oxygen atoms in total. The van der Waals surface area contributed by atoms with E-state index in [0.29, 0.717) is 25.3 Å². The van der Waals surface area contributed by atoms with Gasteiger partial charge in [-0.25, -0.2) is 13.1 Å². The second-order valence-corrected chi connectivity index (χ2v) is 7.64. The van der Waals surface area contributed by atoms with E-state index in [2.05, 4.69) is 9.62 Å². The molecule has 0 atom stereocenters. The first-order valence-electron chi connectivity index (χ1n) is 7.18. The van der Waals surface area contributed by atoms with Gasteiger partial charge in [0.15, 0.2) is 0 Å². The number of nitriles is 1. The number of hydrogen-bond acceptors (Lipinski definition) is 5. The fourth-order valence-electron chi connectivity index (χ4n) is 2.37. The van der Waals surface area contributed by atoms with Crippen molar-refractivity contribution in [2.45, 2.75) is 24.3 Å². The van der Waals surface area contributed by atoms with Crippen molar-refractivity contribution in [3.8, 4) is 6.07 Å². The number of ether oxygens (including phenoxy) is 1. The Bertz CT molecular complexity index is 659. The highest BCUT2D eigenvalue weighted by Crippen LogP contribution is 2.17. The van der Waals surface area contributed by atoms with Gasteiger partial charge < -0.3 is 4.74 Å². The molecule has 1 saturated heterocycles. The molecule has 0 aliphatic carbocycles. The molecule has 1 N–H and O–H groups in total. The Morgan fingerprint density at radius 3 is 2.68 bits per heavy atom. The van der Waals surface area contributed by atoms with Crippen LogP contribution in [-0.2, 0) is 14.8 Å². The van der Waals surface area contributed by atoms with Crippen molar-refractivity contribution in [1.29, 1.82) is 5.26 Å². The number of nitrogens with zero attached hydrogens (tertiary/aromatic N) is 2. The molecule has 0 saturated carbocycles. The molecule has 120 valence electrons. The van der Waals surface area contributed by atoms with E-state index >= 15 is 0 Å².